The molecular weight excluding hydrogens is 1670 g/mol. The molecule has 650 valence electrons. The van der Waals surface area contributed by atoms with E-state index in [4.69, 9.17) is 15.0 Å². The van der Waals surface area contributed by atoms with Crippen LogP contribution in [0, 0.1) is 0 Å². The van der Waals surface area contributed by atoms with Crippen LogP contribution in [0.15, 0.2) is 455 Å². The van der Waals surface area contributed by atoms with Crippen LogP contribution in [0.2, 0.25) is 0 Å². The number of pyridine rings is 4. The summed E-state index contributed by atoms with van der Waals surface area (Å²) >= 11 is 0. The SMILES string of the molecule is c1ccc(C2(c3ccccc3)c3ccccc3-c3ccc(-c4c5ccccc5c(-c5ccc6c(c5)C(c5ccccc5)(c5ccccc5)c5ccccc5-6)c5cc(-c6ccc(-c7ccc(C8CCC9(CC8)c8ccccc8-c8ccc(-c%10c%11ccccc%11c(-c%11ccc%12c(c%11)C%11(CCCCC%11)c%11ccccc%11-%12)c%11ccc(-c%12ccc(-c%13ccccn%13)cn%12)cc%10%11)cc89)cn7)cn6)ccc45)cc32)cc1. The second-order valence-corrected chi connectivity index (χ2v) is 39.4. The third kappa shape index (κ3) is 11.9. The molecule has 6 aliphatic carbocycles. The van der Waals surface area contributed by atoms with Crippen molar-refractivity contribution in [1.29, 1.82) is 0 Å². The Labute approximate surface area is 804 Å². The molecule has 18 aromatic carbocycles. The van der Waals surface area contributed by atoms with Gasteiger partial charge in [0.05, 0.1) is 33.6 Å². The third-order valence-electron chi connectivity index (χ3n) is 32.8. The monoisotopic (exact) mass is 1760 g/mol. The Morgan fingerprint density at radius 1 is 0.188 bits per heavy atom. The topological polar surface area (TPSA) is 51.6 Å². The Morgan fingerprint density at radius 2 is 0.493 bits per heavy atom. The largest absolute Gasteiger partial charge is 0.256 e. The van der Waals surface area contributed by atoms with Crippen molar-refractivity contribution >= 4 is 43.1 Å². The van der Waals surface area contributed by atoms with Gasteiger partial charge in [-0.2, -0.15) is 0 Å². The van der Waals surface area contributed by atoms with E-state index in [2.05, 4.69) is 430 Å². The lowest BCUT2D eigenvalue weighted by atomic mass is 9.64. The fourth-order valence-corrected chi connectivity index (χ4v) is 26.8. The third-order valence-corrected chi connectivity index (χ3v) is 32.8. The Morgan fingerprint density at radius 3 is 0.884 bits per heavy atom. The summed E-state index contributed by atoms with van der Waals surface area (Å²) in [6.45, 7) is 0. The molecule has 28 rings (SSSR count). The van der Waals surface area contributed by atoms with Gasteiger partial charge in [-0.15, -0.1) is 0 Å². The molecule has 4 heterocycles. The molecule has 2 spiro atoms. The van der Waals surface area contributed by atoms with Crippen LogP contribution in [0.25, 0.3) is 177 Å². The van der Waals surface area contributed by atoms with E-state index in [1.807, 2.05) is 30.7 Å². The number of nitrogens with zero attached hydrogens (tertiary/aromatic N) is 4. The van der Waals surface area contributed by atoms with Gasteiger partial charge in [-0.05, 0) is 328 Å². The number of fused-ring (bicyclic) bond motifs is 20. The predicted octanol–water partition coefficient (Wildman–Crippen LogP) is 33.8. The zero-order chi connectivity index (χ0) is 90.8. The van der Waals surface area contributed by atoms with Crippen molar-refractivity contribution in [3.63, 3.8) is 0 Å². The molecule has 0 aliphatic heterocycles. The van der Waals surface area contributed by atoms with Crippen LogP contribution >= 0.6 is 0 Å². The zero-order valence-corrected chi connectivity index (χ0v) is 76.5. The molecule has 0 N–H and O–H groups in total. The molecule has 2 saturated carbocycles. The molecule has 0 unspecified atom stereocenters. The minimum Gasteiger partial charge on any atom is -0.256 e. The van der Waals surface area contributed by atoms with E-state index in [0.717, 1.165) is 81.7 Å². The summed E-state index contributed by atoms with van der Waals surface area (Å²) in [4.78, 5) is 20.7. The van der Waals surface area contributed by atoms with Crippen molar-refractivity contribution in [2.75, 3.05) is 0 Å². The van der Waals surface area contributed by atoms with Crippen LogP contribution in [-0.2, 0) is 21.7 Å². The molecule has 4 aromatic heterocycles. The number of rotatable bonds is 13. The fourth-order valence-electron chi connectivity index (χ4n) is 26.8. The lowest BCUT2D eigenvalue weighted by molar-refractivity contribution is 0.320. The van der Waals surface area contributed by atoms with Crippen LogP contribution in [0.5, 0.6) is 0 Å². The maximum absolute atomic E-state index is 5.44. The van der Waals surface area contributed by atoms with E-state index >= 15 is 0 Å². The maximum Gasteiger partial charge on any atom is 0.0717 e. The van der Waals surface area contributed by atoms with Crippen molar-refractivity contribution in [2.45, 2.75) is 85.4 Å². The smallest absolute Gasteiger partial charge is 0.0717 e. The Balaban J connectivity index is 0.531. The van der Waals surface area contributed by atoms with Gasteiger partial charge in [0, 0.05) is 57.9 Å². The van der Waals surface area contributed by atoms with Gasteiger partial charge in [0.15, 0.2) is 0 Å². The van der Waals surface area contributed by atoms with Crippen LogP contribution in [-0.4, -0.2) is 19.9 Å². The van der Waals surface area contributed by atoms with Crippen LogP contribution in [0.4, 0.5) is 0 Å². The molecule has 6 aliphatic rings. The van der Waals surface area contributed by atoms with Crippen molar-refractivity contribution < 1.29 is 0 Å². The van der Waals surface area contributed by atoms with Crippen LogP contribution in [0.1, 0.15) is 136 Å². The number of hydrogen-bond donors (Lipinski definition) is 0. The van der Waals surface area contributed by atoms with Crippen molar-refractivity contribution in [1.82, 2.24) is 19.9 Å². The highest BCUT2D eigenvalue weighted by atomic mass is 14.7. The first kappa shape index (κ1) is 80.1. The molecule has 4 heteroatoms. The minimum atomic E-state index is -0.596. The van der Waals surface area contributed by atoms with Gasteiger partial charge in [-0.3, -0.25) is 19.9 Å². The number of hydrogen-bond acceptors (Lipinski definition) is 4. The average molecular weight is 1760 g/mol. The quantitative estimate of drug-likeness (QED) is 0.108. The second-order valence-electron chi connectivity index (χ2n) is 39.4. The Bertz CT molecular complexity index is 8610. The summed E-state index contributed by atoms with van der Waals surface area (Å²) < 4.78 is 0. The summed E-state index contributed by atoms with van der Waals surface area (Å²) in [5.41, 5.74) is 44.1. The van der Waals surface area contributed by atoms with E-state index in [-0.39, 0.29) is 10.8 Å². The van der Waals surface area contributed by atoms with Gasteiger partial charge in [0.1, 0.15) is 0 Å². The summed E-state index contributed by atoms with van der Waals surface area (Å²) in [7, 11) is 0. The van der Waals surface area contributed by atoms with Gasteiger partial charge in [-0.25, -0.2) is 0 Å². The highest BCUT2D eigenvalue weighted by molar-refractivity contribution is 6.24. The highest BCUT2D eigenvalue weighted by Crippen LogP contribution is 2.64. The normalized spacial score (nSPS) is 16.3. The predicted molar refractivity (Wildman–Crippen MR) is 569 cm³/mol. The summed E-state index contributed by atoms with van der Waals surface area (Å²) in [6, 6.07) is 164. The van der Waals surface area contributed by atoms with Crippen LogP contribution in [0.3, 0.4) is 0 Å². The number of benzene rings is 18. The molecule has 22 aromatic rings. The molecule has 4 nitrogen and oxygen atoms in total. The first-order chi connectivity index (χ1) is 68.4. The lowest BCUT2D eigenvalue weighted by Crippen LogP contribution is -2.30. The molecular formula is C134H94N4. The maximum atomic E-state index is 5.44. The van der Waals surface area contributed by atoms with E-state index in [9.17, 15) is 0 Å². The van der Waals surface area contributed by atoms with Gasteiger partial charge < -0.3 is 0 Å². The van der Waals surface area contributed by atoms with Gasteiger partial charge >= 0.3 is 0 Å². The van der Waals surface area contributed by atoms with Crippen molar-refractivity contribution in [2.24, 2.45) is 0 Å². The zero-order valence-electron chi connectivity index (χ0n) is 76.5. The Kier molecular flexibility index (Phi) is 18.3. The molecule has 0 atom stereocenters. The van der Waals surface area contributed by atoms with Crippen molar-refractivity contribution in [3.8, 4) is 134 Å². The molecule has 0 bridgehead atoms. The first-order valence-electron chi connectivity index (χ1n) is 49.4. The summed E-state index contributed by atoms with van der Waals surface area (Å²) in [5.74, 6) is 0.347. The second kappa shape index (κ2) is 31.6. The minimum absolute atomic E-state index is 0.0212. The van der Waals surface area contributed by atoms with Gasteiger partial charge in [0.25, 0.3) is 0 Å². The van der Waals surface area contributed by atoms with Crippen molar-refractivity contribution in [3.05, 3.63) is 528 Å². The molecule has 138 heavy (non-hydrogen) atoms. The van der Waals surface area contributed by atoms with E-state index < -0.39 is 10.8 Å². The van der Waals surface area contributed by atoms with Crippen LogP contribution < -0.4 is 0 Å². The van der Waals surface area contributed by atoms with E-state index in [0.29, 0.717) is 5.92 Å². The average Bonchev–Trinajstić information content (AvgIpc) is 1.54. The lowest BCUT2D eigenvalue weighted by Gasteiger charge is -2.39. The fraction of sp³-hybridized carbons (Fsp3) is 0.104. The van der Waals surface area contributed by atoms with Gasteiger partial charge in [-0.1, -0.05) is 371 Å². The molecule has 0 saturated heterocycles. The summed E-state index contributed by atoms with van der Waals surface area (Å²) in [5, 5.41) is 9.73. The van der Waals surface area contributed by atoms with E-state index in [1.54, 1.807) is 0 Å². The first-order valence-corrected chi connectivity index (χ1v) is 49.4. The standard InChI is InChI=1S/C134H94N4/c1-6-30-95(31-7-1)133(96-32-8-2-9-33-96)117-48-24-20-40-101(117)105-62-55-90(80-121(105)133)128-108-43-15-17-45-110(108)130(91-56-63-106-102-41-21-25-49-118(102)134(122(106)81-91,97-34-10-3-11-35-97)98-36-12-4-13-37-98)114-77-87(52-65-112(114)128)125-68-59-94(84-138-125)126-66-57-92(82-136-126)85-69-73-132(74-70-85)116-47-23-19-39-100(116)104-61-54-89(79-120(104)132)129-109-44-16-14-42-107(109)127(88-53-60-103-99-38-18-22-46-115(99)131(119(103)78-88)71-27-5-28-72-131)111-64-51-86(76-113(111)129)124-67-58-93(83-137-124)123-50-26-29-75-135-123/h1-4,6-26,29-68,75-85H,5,27-28,69-74H2. The van der Waals surface area contributed by atoms with E-state index in [1.165, 1.54) is 226 Å². The summed E-state index contributed by atoms with van der Waals surface area (Å²) in [6.07, 6.45) is 18.3. The molecule has 0 radical (unpaired) electrons. The molecule has 2 fully saturated rings. The molecule has 0 amide bonds. The highest BCUT2D eigenvalue weighted by Gasteiger charge is 2.51. The number of aromatic nitrogens is 4. The Hall–Kier alpha value is -16.4. The van der Waals surface area contributed by atoms with Gasteiger partial charge in [0.2, 0.25) is 0 Å².